The van der Waals surface area contributed by atoms with Crippen molar-refractivity contribution >= 4 is 16.9 Å². The van der Waals surface area contributed by atoms with Gasteiger partial charge in [0.1, 0.15) is 29.9 Å². The number of carbonyl (C=O) groups excluding carboxylic acids is 1. The lowest BCUT2D eigenvalue weighted by Gasteiger charge is -2.42. The number of aromatic amines is 1. The maximum absolute atomic E-state index is 15.6. The molecule has 184 valence electrons. The van der Waals surface area contributed by atoms with Crippen LogP contribution in [0.1, 0.15) is 35.3 Å². The molecular formula is C27H28F2N2O4. The van der Waals surface area contributed by atoms with Gasteiger partial charge in [-0.15, -0.1) is 6.42 Å². The summed E-state index contributed by atoms with van der Waals surface area (Å²) in [5.41, 5.74) is 3.27. The van der Waals surface area contributed by atoms with Crippen LogP contribution in [0.3, 0.4) is 0 Å². The monoisotopic (exact) mass is 482 g/mol. The highest BCUT2D eigenvalue weighted by molar-refractivity contribution is 5.85. The number of hydrogen-bond donors (Lipinski definition) is 2. The van der Waals surface area contributed by atoms with E-state index in [9.17, 15) is 14.3 Å². The van der Waals surface area contributed by atoms with Crippen LogP contribution >= 0.6 is 0 Å². The normalized spacial score (nSPS) is 18.7. The minimum Gasteiger partial charge on any atom is -0.491 e. The van der Waals surface area contributed by atoms with Gasteiger partial charge in [0.05, 0.1) is 19.8 Å². The highest BCUT2D eigenvalue weighted by Gasteiger charge is 2.40. The topological polar surface area (TPSA) is 74.8 Å². The number of aliphatic hydroxyl groups is 1. The smallest absolute Gasteiger partial charge is 0.322 e. The summed E-state index contributed by atoms with van der Waals surface area (Å²) in [6.07, 6.45) is 6.21. The number of methoxy groups -OCH3 is 1. The van der Waals surface area contributed by atoms with Gasteiger partial charge in [-0.3, -0.25) is 9.69 Å². The Labute approximate surface area is 202 Å². The van der Waals surface area contributed by atoms with Crippen molar-refractivity contribution in [2.75, 3.05) is 26.9 Å². The van der Waals surface area contributed by atoms with Crippen LogP contribution in [-0.2, 0) is 16.0 Å². The van der Waals surface area contributed by atoms with E-state index in [1.165, 1.54) is 31.4 Å². The van der Waals surface area contributed by atoms with Crippen molar-refractivity contribution in [3.8, 4) is 18.1 Å². The molecular weight excluding hydrogens is 454 g/mol. The van der Waals surface area contributed by atoms with Crippen molar-refractivity contribution in [1.29, 1.82) is 0 Å². The molecule has 1 unspecified atom stereocenters. The average molecular weight is 483 g/mol. The molecule has 0 amide bonds. The Kier molecular flexibility index (Phi) is 7.10. The van der Waals surface area contributed by atoms with Gasteiger partial charge < -0.3 is 19.6 Å². The number of ether oxygens (including phenoxy) is 2. The summed E-state index contributed by atoms with van der Waals surface area (Å²) >= 11 is 0. The maximum atomic E-state index is 15.6. The largest absolute Gasteiger partial charge is 0.491 e. The molecule has 0 aliphatic carbocycles. The van der Waals surface area contributed by atoms with Crippen LogP contribution in [0.5, 0.6) is 5.75 Å². The van der Waals surface area contributed by atoms with Crippen LogP contribution in [0.4, 0.5) is 8.78 Å². The third-order valence-electron chi connectivity index (χ3n) is 6.69. The molecule has 0 bridgehead atoms. The minimum atomic E-state index is -0.856. The summed E-state index contributed by atoms with van der Waals surface area (Å²) in [6, 6.07) is 6.57. The third-order valence-corrected chi connectivity index (χ3v) is 6.69. The van der Waals surface area contributed by atoms with Crippen molar-refractivity contribution in [3.05, 3.63) is 64.4 Å². The summed E-state index contributed by atoms with van der Waals surface area (Å²) < 4.78 is 40.2. The second kappa shape index (κ2) is 10.1. The zero-order valence-electron chi connectivity index (χ0n) is 19.9. The quantitative estimate of drug-likeness (QED) is 0.395. The molecule has 4 rings (SSSR count). The number of nitrogens with one attached hydrogen (secondary N) is 1. The van der Waals surface area contributed by atoms with Gasteiger partial charge in [-0.05, 0) is 61.7 Å². The van der Waals surface area contributed by atoms with E-state index in [0.717, 1.165) is 16.5 Å². The van der Waals surface area contributed by atoms with E-state index in [0.29, 0.717) is 29.0 Å². The number of halogens is 2. The Morgan fingerprint density at radius 2 is 2.11 bits per heavy atom. The number of aliphatic hydroxyl groups excluding tert-OH is 1. The Balaban J connectivity index is 1.93. The standard InChI is InChI=1S/C27H28F2N2O4/c1-5-17(27(33)34-4)14-31-15(2)12-20-19-13-18(28)6-8-22(19)30-25(20)26(31)24-16(3)23(35-11-10-32)9-7-21(24)29/h1,6-9,13,15,17,26,30,32H,10-12,14H2,2-4H3/t15-,17-,26?/m1/s1. The van der Waals surface area contributed by atoms with E-state index in [1.807, 2.05) is 11.8 Å². The first-order chi connectivity index (χ1) is 16.8. The number of nitrogens with zero attached hydrogens (tertiary/aromatic N) is 1. The first kappa shape index (κ1) is 24.7. The molecule has 3 atom stereocenters. The predicted molar refractivity (Wildman–Crippen MR) is 128 cm³/mol. The minimum absolute atomic E-state index is 0.0646. The second-order valence-corrected chi connectivity index (χ2v) is 8.76. The third kappa shape index (κ3) is 4.49. The van der Waals surface area contributed by atoms with Gasteiger partial charge in [-0.25, -0.2) is 8.78 Å². The summed E-state index contributed by atoms with van der Waals surface area (Å²) in [5.74, 6) is 0.737. The Hall–Kier alpha value is -3.41. The van der Waals surface area contributed by atoms with E-state index in [4.69, 9.17) is 15.9 Å². The first-order valence-corrected chi connectivity index (χ1v) is 11.4. The van der Waals surface area contributed by atoms with Gasteiger partial charge in [0.15, 0.2) is 0 Å². The summed E-state index contributed by atoms with van der Waals surface area (Å²) in [4.78, 5) is 17.7. The number of esters is 1. The van der Waals surface area contributed by atoms with Crippen molar-refractivity contribution in [1.82, 2.24) is 9.88 Å². The Morgan fingerprint density at radius 3 is 2.80 bits per heavy atom. The average Bonchev–Trinajstić information content (AvgIpc) is 3.19. The molecule has 1 aliphatic rings. The van der Waals surface area contributed by atoms with Crippen LogP contribution in [0.25, 0.3) is 10.9 Å². The molecule has 0 fully saturated rings. The summed E-state index contributed by atoms with van der Waals surface area (Å²) in [6.45, 7) is 3.75. The molecule has 35 heavy (non-hydrogen) atoms. The maximum Gasteiger partial charge on any atom is 0.322 e. The van der Waals surface area contributed by atoms with Crippen molar-refractivity contribution in [3.63, 3.8) is 0 Å². The van der Waals surface area contributed by atoms with Crippen LogP contribution in [0.2, 0.25) is 0 Å². The van der Waals surface area contributed by atoms with Crippen LogP contribution in [-0.4, -0.2) is 53.9 Å². The number of H-pyrrole nitrogens is 1. The van der Waals surface area contributed by atoms with E-state index < -0.39 is 23.7 Å². The molecule has 6 nitrogen and oxygen atoms in total. The van der Waals surface area contributed by atoms with Crippen LogP contribution in [0, 0.1) is 36.8 Å². The molecule has 0 spiro atoms. The van der Waals surface area contributed by atoms with E-state index in [-0.39, 0.29) is 31.6 Å². The predicted octanol–water partition coefficient (Wildman–Crippen LogP) is 3.88. The number of carbonyl (C=O) groups is 1. The van der Waals surface area contributed by atoms with Gasteiger partial charge in [0.25, 0.3) is 0 Å². The molecule has 3 aromatic rings. The number of benzene rings is 2. The molecule has 2 heterocycles. The molecule has 8 heteroatoms. The zero-order valence-corrected chi connectivity index (χ0v) is 19.9. The highest BCUT2D eigenvalue weighted by Crippen LogP contribution is 2.44. The van der Waals surface area contributed by atoms with E-state index in [1.54, 1.807) is 13.0 Å². The van der Waals surface area contributed by atoms with E-state index in [2.05, 4.69) is 10.9 Å². The first-order valence-electron chi connectivity index (χ1n) is 11.4. The second-order valence-electron chi connectivity index (χ2n) is 8.76. The van der Waals surface area contributed by atoms with Gasteiger partial charge in [-0.2, -0.15) is 0 Å². The van der Waals surface area contributed by atoms with E-state index >= 15 is 4.39 Å². The molecule has 1 aromatic heterocycles. The molecule has 2 N–H and O–H groups in total. The molecule has 0 radical (unpaired) electrons. The lowest BCUT2D eigenvalue weighted by atomic mass is 9.85. The number of hydrogen-bond acceptors (Lipinski definition) is 5. The number of rotatable bonds is 7. The summed E-state index contributed by atoms with van der Waals surface area (Å²) in [5, 5.41) is 9.94. The number of terminal acetylenes is 1. The van der Waals surface area contributed by atoms with Crippen LogP contribution in [0.15, 0.2) is 30.3 Å². The summed E-state index contributed by atoms with van der Waals surface area (Å²) in [7, 11) is 1.28. The van der Waals surface area contributed by atoms with Crippen molar-refractivity contribution in [2.45, 2.75) is 32.4 Å². The van der Waals surface area contributed by atoms with Gasteiger partial charge in [-0.1, -0.05) is 5.92 Å². The lowest BCUT2D eigenvalue weighted by Crippen LogP contribution is -2.46. The highest BCUT2D eigenvalue weighted by atomic mass is 19.1. The number of aromatic nitrogens is 1. The van der Waals surface area contributed by atoms with Gasteiger partial charge in [0.2, 0.25) is 0 Å². The van der Waals surface area contributed by atoms with Gasteiger partial charge >= 0.3 is 5.97 Å². The van der Waals surface area contributed by atoms with Crippen molar-refractivity contribution < 1.29 is 28.2 Å². The molecule has 2 aromatic carbocycles. The Morgan fingerprint density at radius 1 is 1.34 bits per heavy atom. The SMILES string of the molecule is C#C[C@H](CN1C(c2c(F)ccc(OCCO)c2C)c2[nH]c3ccc(F)cc3c2C[C@H]1C)C(=O)OC. The molecule has 0 saturated carbocycles. The Bertz CT molecular complexity index is 1300. The lowest BCUT2D eigenvalue weighted by molar-refractivity contribution is -0.144. The fourth-order valence-electron chi connectivity index (χ4n) is 4.99. The molecule has 0 saturated heterocycles. The zero-order chi connectivity index (χ0) is 25.3. The number of fused-ring (bicyclic) bond motifs is 3. The van der Waals surface area contributed by atoms with Crippen LogP contribution < -0.4 is 4.74 Å². The molecule has 1 aliphatic heterocycles. The van der Waals surface area contributed by atoms with Crippen molar-refractivity contribution in [2.24, 2.45) is 5.92 Å². The van der Waals surface area contributed by atoms with Gasteiger partial charge in [0, 0.05) is 34.7 Å². The fourth-order valence-corrected chi connectivity index (χ4v) is 4.99. The fraction of sp³-hybridized carbons (Fsp3) is 0.370.